The van der Waals surface area contributed by atoms with Gasteiger partial charge in [-0.3, -0.25) is 10.1 Å². The molecule has 90 valence electrons. The van der Waals surface area contributed by atoms with Crippen LogP contribution >= 0.6 is 0 Å². The molecule has 0 unspecified atom stereocenters. The smallest absolute Gasteiger partial charge is 0.258 e. The predicted octanol–water partition coefficient (Wildman–Crippen LogP) is 3.03. The second kappa shape index (κ2) is 4.56. The number of aromatic nitrogens is 2. The lowest BCUT2D eigenvalue weighted by Crippen LogP contribution is -1.95. The second-order valence-corrected chi connectivity index (χ2v) is 3.45. The van der Waals surface area contributed by atoms with Gasteiger partial charge in [0.05, 0.1) is 10.6 Å². The Balaban J connectivity index is 2.73. The van der Waals surface area contributed by atoms with E-state index in [2.05, 4.69) is 15.1 Å². The normalized spacial score (nSPS) is 9.83. The fourth-order valence-corrected chi connectivity index (χ4v) is 1.60. The van der Waals surface area contributed by atoms with Crippen molar-refractivity contribution < 1.29 is 4.92 Å². The molecule has 18 heavy (non-hydrogen) atoms. The van der Waals surface area contributed by atoms with Crippen LogP contribution in [0.5, 0.6) is 0 Å². The zero-order valence-corrected chi connectivity index (χ0v) is 9.39. The molecular weight excluding hydrogens is 236 g/mol. The summed E-state index contributed by atoms with van der Waals surface area (Å²) in [6.45, 7) is 1.49. The van der Waals surface area contributed by atoms with Crippen LogP contribution in [0, 0.1) is 17.0 Å². The molecule has 2 rings (SSSR count). The number of para-hydroxylation sites is 1. The highest BCUT2D eigenvalue weighted by molar-refractivity contribution is 5.59. The van der Waals surface area contributed by atoms with Crippen molar-refractivity contribution in [3.63, 3.8) is 0 Å². The number of hydrogen-bond acceptors (Lipinski definition) is 4. The lowest BCUT2D eigenvalue weighted by atomic mass is 10.3. The van der Waals surface area contributed by atoms with Crippen molar-refractivity contribution in [3.05, 3.63) is 56.6 Å². The molecule has 0 atom stereocenters. The maximum Gasteiger partial charge on any atom is 0.320 e. The third-order valence-corrected chi connectivity index (χ3v) is 2.33. The molecule has 1 heterocycles. The SMILES string of the molecule is Cc1nn(-c2ccccc2)c(N=[N+]=[N-])c1[N+](=O)[O-]. The molecule has 8 nitrogen and oxygen atoms in total. The van der Waals surface area contributed by atoms with Crippen LogP contribution in [0.25, 0.3) is 16.1 Å². The average molecular weight is 244 g/mol. The Labute approximate surface area is 101 Å². The van der Waals surface area contributed by atoms with Gasteiger partial charge >= 0.3 is 5.69 Å². The molecule has 0 fully saturated rings. The van der Waals surface area contributed by atoms with E-state index in [0.29, 0.717) is 5.69 Å². The second-order valence-electron chi connectivity index (χ2n) is 3.45. The van der Waals surface area contributed by atoms with Crippen molar-refractivity contribution in [3.8, 4) is 5.69 Å². The molecule has 1 aromatic carbocycles. The number of hydrogen-bond donors (Lipinski definition) is 0. The summed E-state index contributed by atoms with van der Waals surface area (Å²) < 4.78 is 1.26. The Hall–Kier alpha value is -2.86. The summed E-state index contributed by atoms with van der Waals surface area (Å²) in [5, 5.41) is 18.3. The van der Waals surface area contributed by atoms with Crippen LogP contribution in [0.15, 0.2) is 35.4 Å². The van der Waals surface area contributed by atoms with Gasteiger partial charge in [-0.1, -0.05) is 18.2 Å². The first kappa shape index (κ1) is 11.6. The first-order valence-corrected chi connectivity index (χ1v) is 4.99. The van der Waals surface area contributed by atoms with Gasteiger partial charge in [0.25, 0.3) is 0 Å². The highest BCUT2D eigenvalue weighted by Gasteiger charge is 2.24. The molecule has 0 bridgehead atoms. The Morgan fingerprint density at radius 2 is 2.11 bits per heavy atom. The number of benzene rings is 1. The van der Waals surface area contributed by atoms with Crippen molar-refractivity contribution in [2.75, 3.05) is 0 Å². The topological polar surface area (TPSA) is 110 Å². The van der Waals surface area contributed by atoms with Gasteiger partial charge in [0.15, 0.2) is 0 Å². The fraction of sp³-hybridized carbons (Fsp3) is 0.100. The summed E-state index contributed by atoms with van der Waals surface area (Å²) in [4.78, 5) is 12.9. The van der Waals surface area contributed by atoms with Crippen molar-refractivity contribution in [2.45, 2.75) is 6.92 Å². The molecule has 0 N–H and O–H groups in total. The Morgan fingerprint density at radius 3 is 2.67 bits per heavy atom. The summed E-state index contributed by atoms with van der Waals surface area (Å²) in [7, 11) is 0. The van der Waals surface area contributed by atoms with Crippen LogP contribution < -0.4 is 0 Å². The van der Waals surface area contributed by atoms with Crippen LogP contribution in [0.4, 0.5) is 11.5 Å². The molecule has 0 saturated heterocycles. The summed E-state index contributed by atoms with van der Waals surface area (Å²) in [6, 6.07) is 8.76. The van der Waals surface area contributed by atoms with Crippen LogP contribution in [0.1, 0.15) is 5.69 Å². The lowest BCUT2D eigenvalue weighted by molar-refractivity contribution is -0.384. The monoisotopic (exact) mass is 244 g/mol. The van der Waals surface area contributed by atoms with E-state index in [-0.39, 0.29) is 17.2 Å². The van der Waals surface area contributed by atoms with E-state index in [9.17, 15) is 10.1 Å². The summed E-state index contributed by atoms with van der Waals surface area (Å²) in [6.07, 6.45) is 0. The maximum atomic E-state index is 10.9. The molecule has 0 saturated carbocycles. The highest BCUT2D eigenvalue weighted by Crippen LogP contribution is 2.33. The van der Waals surface area contributed by atoms with E-state index in [1.165, 1.54) is 11.6 Å². The number of rotatable bonds is 3. The number of azide groups is 1. The van der Waals surface area contributed by atoms with Crippen molar-refractivity contribution in [1.29, 1.82) is 0 Å². The molecule has 0 aliphatic heterocycles. The Kier molecular flexibility index (Phi) is 2.94. The Morgan fingerprint density at radius 1 is 1.44 bits per heavy atom. The van der Waals surface area contributed by atoms with E-state index in [4.69, 9.17) is 5.53 Å². The minimum Gasteiger partial charge on any atom is -0.258 e. The average Bonchev–Trinajstić information content (AvgIpc) is 2.68. The molecule has 2 aromatic rings. The van der Waals surface area contributed by atoms with Gasteiger partial charge in [0.1, 0.15) is 5.69 Å². The van der Waals surface area contributed by atoms with Gasteiger partial charge in [-0.05, 0) is 29.7 Å². The lowest BCUT2D eigenvalue weighted by Gasteiger charge is -2.01. The zero-order valence-electron chi connectivity index (χ0n) is 9.39. The van der Waals surface area contributed by atoms with E-state index in [1.54, 1.807) is 24.3 Å². The quantitative estimate of drug-likeness (QED) is 0.272. The van der Waals surface area contributed by atoms with Gasteiger partial charge in [-0.2, -0.15) is 5.10 Å². The molecule has 0 aliphatic rings. The van der Waals surface area contributed by atoms with Gasteiger partial charge in [0, 0.05) is 4.91 Å². The van der Waals surface area contributed by atoms with Crippen LogP contribution in [0.2, 0.25) is 0 Å². The predicted molar refractivity (Wildman–Crippen MR) is 63.8 cm³/mol. The molecule has 0 spiro atoms. The first-order chi connectivity index (χ1) is 8.65. The fourth-order valence-electron chi connectivity index (χ4n) is 1.60. The third kappa shape index (κ3) is 1.87. The molecule has 0 amide bonds. The van der Waals surface area contributed by atoms with E-state index < -0.39 is 4.92 Å². The van der Waals surface area contributed by atoms with Crippen LogP contribution in [-0.2, 0) is 0 Å². The number of nitro groups is 1. The van der Waals surface area contributed by atoms with Gasteiger partial charge in [0.2, 0.25) is 5.82 Å². The minimum absolute atomic E-state index is 0.119. The van der Waals surface area contributed by atoms with Crippen molar-refractivity contribution >= 4 is 11.5 Å². The van der Waals surface area contributed by atoms with E-state index in [1.807, 2.05) is 6.07 Å². The van der Waals surface area contributed by atoms with Gasteiger partial charge < -0.3 is 0 Å². The van der Waals surface area contributed by atoms with E-state index in [0.717, 1.165) is 0 Å². The summed E-state index contributed by atoms with van der Waals surface area (Å²) in [5.74, 6) is -0.119. The molecule has 1 aromatic heterocycles. The van der Waals surface area contributed by atoms with Gasteiger partial charge in [-0.15, -0.1) is 0 Å². The van der Waals surface area contributed by atoms with Crippen molar-refractivity contribution in [2.24, 2.45) is 5.11 Å². The minimum atomic E-state index is -0.605. The van der Waals surface area contributed by atoms with Crippen molar-refractivity contribution in [1.82, 2.24) is 9.78 Å². The van der Waals surface area contributed by atoms with E-state index >= 15 is 0 Å². The molecular formula is C10H8N6O2. The number of nitrogens with zero attached hydrogens (tertiary/aromatic N) is 6. The summed E-state index contributed by atoms with van der Waals surface area (Å²) in [5.41, 5.74) is 9.01. The largest absolute Gasteiger partial charge is 0.320 e. The van der Waals surface area contributed by atoms with Gasteiger partial charge in [-0.25, -0.2) is 4.68 Å². The summed E-state index contributed by atoms with van der Waals surface area (Å²) >= 11 is 0. The molecule has 8 heteroatoms. The Bertz CT molecular complexity index is 642. The molecule has 0 radical (unpaired) electrons. The maximum absolute atomic E-state index is 10.9. The number of aryl methyl sites for hydroxylation is 1. The molecule has 0 aliphatic carbocycles. The highest BCUT2D eigenvalue weighted by atomic mass is 16.6. The first-order valence-electron chi connectivity index (χ1n) is 4.99. The zero-order chi connectivity index (χ0) is 13.1. The standard InChI is InChI=1S/C10H8N6O2/c1-7-9(16(17)18)10(12-14-11)15(13-7)8-5-3-2-4-6-8/h2-6H,1H3. The third-order valence-electron chi connectivity index (χ3n) is 2.33. The van der Waals surface area contributed by atoms with Crippen LogP contribution in [-0.4, -0.2) is 14.7 Å². The van der Waals surface area contributed by atoms with Crippen LogP contribution in [0.3, 0.4) is 0 Å².